The molecule has 0 bridgehead atoms. The standard InChI is InChI=1S/C13H23N3OS/c1-3-17-10-11(14)16-18-12(10)15-9-13(2)7-5-4-6-8-13/h15H,3-9H2,1-2H3,(H2,14,16). The van der Waals surface area contributed by atoms with Crippen LogP contribution in [0.15, 0.2) is 0 Å². The van der Waals surface area contributed by atoms with Gasteiger partial charge in [0.25, 0.3) is 0 Å². The van der Waals surface area contributed by atoms with Crippen LogP contribution >= 0.6 is 11.5 Å². The van der Waals surface area contributed by atoms with Gasteiger partial charge in [0.05, 0.1) is 6.61 Å². The topological polar surface area (TPSA) is 60.2 Å². The summed E-state index contributed by atoms with van der Waals surface area (Å²) >= 11 is 1.39. The van der Waals surface area contributed by atoms with E-state index < -0.39 is 0 Å². The molecule has 1 aromatic rings. The lowest BCUT2D eigenvalue weighted by atomic mass is 9.76. The second kappa shape index (κ2) is 5.78. The number of nitrogen functional groups attached to an aromatic ring is 1. The van der Waals surface area contributed by atoms with E-state index in [1.807, 2.05) is 6.92 Å². The fourth-order valence-corrected chi connectivity index (χ4v) is 3.22. The lowest BCUT2D eigenvalue weighted by Crippen LogP contribution is -2.28. The van der Waals surface area contributed by atoms with Crippen LogP contribution in [0.1, 0.15) is 46.0 Å². The first-order valence-corrected chi connectivity index (χ1v) is 7.54. The third kappa shape index (κ3) is 3.07. The van der Waals surface area contributed by atoms with E-state index in [2.05, 4.69) is 16.6 Å². The molecule has 102 valence electrons. The van der Waals surface area contributed by atoms with Gasteiger partial charge in [-0.2, -0.15) is 4.37 Å². The van der Waals surface area contributed by atoms with Crippen LogP contribution in [0.5, 0.6) is 5.75 Å². The first-order chi connectivity index (χ1) is 8.64. The molecule has 1 heterocycles. The fourth-order valence-electron chi connectivity index (χ4n) is 2.57. The van der Waals surface area contributed by atoms with Crippen LogP contribution in [0.2, 0.25) is 0 Å². The van der Waals surface area contributed by atoms with E-state index in [1.54, 1.807) is 0 Å². The Labute approximate surface area is 113 Å². The number of hydrogen-bond donors (Lipinski definition) is 2. The predicted molar refractivity (Wildman–Crippen MR) is 77.4 cm³/mol. The van der Waals surface area contributed by atoms with Crippen molar-refractivity contribution in [3.63, 3.8) is 0 Å². The highest BCUT2D eigenvalue weighted by Crippen LogP contribution is 2.39. The second-order valence-electron chi connectivity index (χ2n) is 5.38. The summed E-state index contributed by atoms with van der Waals surface area (Å²) < 4.78 is 9.69. The van der Waals surface area contributed by atoms with Crippen molar-refractivity contribution >= 4 is 22.4 Å². The molecule has 1 aromatic heterocycles. The Morgan fingerprint density at radius 3 is 2.78 bits per heavy atom. The zero-order valence-electron chi connectivity index (χ0n) is 11.3. The first kappa shape index (κ1) is 13.5. The largest absolute Gasteiger partial charge is 0.487 e. The quantitative estimate of drug-likeness (QED) is 0.858. The minimum Gasteiger partial charge on any atom is -0.487 e. The maximum absolute atomic E-state index is 5.80. The molecule has 0 aliphatic heterocycles. The summed E-state index contributed by atoms with van der Waals surface area (Å²) in [5.41, 5.74) is 6.21. The molecule has 0 unspecified atom stereocenters. The van der Waals surface area contributed by atoms with Gasteiger partial charge in [0.1, 0.15) is 0 Å². The Kier molecular flexibility index (Phi) is 4.32. The molecule has 18 heavy (non-hydrogen) atoms. The number of nitrogens with one attached hydrogen (secondary N) is 1. The number of ether oxygens (including phenoxy) is 1. The van der Waals surface area contributed by atoms with Gasteiger partial charge in [0, 0.05) is 6.54 Å². The Morgan fingerprint density at radius 2 is 2.11 bits per heavy atom. The molecule has 1 saturated carbocycles. The summed E-state index contributed by atoms with van der Waals surface area (Å²) in [4.78, 5) is 0. The van der Waals surface area contributed by atoms with Gasteiger partial charge >= 0.3 is 0 Å². The summed E-state index contributed by atoms with van der Waals surface area (Å²) in [7, 11) is 0. The number of nitrogens with zero attached hydrogens (tertiary/aromatic N) is 1. The number of rotatable bonds is 5. The lowest BCUT2D eigenvalue weighted by Gasteiger charge is -2.33. The zero-order valence-corrected chi connectivity index (χ0v) is 12.1. The Balaban J connectivity index is 1.97. The third-order valence-corrected chi connectivity index (χ3v) is 4.50. The summed E-state index contributed by atoms with van der Waals surface area (Å²) in [6, 6.07) is 0. The van der Waals surface area contributed by atoms with Crippen LogP contribution in [0.4, 0.5) is 10.8 Å². The highest BCUT2D eigenvalue weighted by Gasteiger charge is 2.27. The number of nitrogens with two attached hydrogens (primary N) is 1. The molecular weight excluding hydrogens is 246 g/mol. The second-order valence-corrected chi connectivity index (χ2v) is 6.16. The van der Waals surface area contributed by atoms with E-state index in [1.165, 1.54) is 43.6 Å². The fraction of sp³-hybridized carbons (Fsp3) is 0.769. The van der Waals surface area contributed by atoms with Crippen LogP contribution in [-0.2, 0) is 0 Å². The van der Waals surface area contributed by atoms with E-state index in [9.17, 15) is 0 Å². The van der Waals surface area contributed by atoms with Gasteiger partial charge in [0.2, 0.25) is 0 Å². The molecule has 1 fully saturated rings. The average Bonchev–Trinajstić information content (AvgIpc) is 2.70. The van der Waals surface area contributed by atoms with Gasteiger partial charge in [-0.3, -0.25) is 0 Å². The Morgan fingerprint density at radius 1 is 1.39 bits per heavy atom. The van der Waals surface area contributed by atoms with Crippen molar-refractivity contribution in [1.29, 1.82) is 0 Å². The predicted octanol–water partition coefficient (Wildman–Crippen LogP) is 3.51. The zero-order chi connectivity index (χ0) is 13.0. The molecule has 1 aliphatic carbocycles. The number of anilines is 2. The molecule has 0 spiro atoms. The van der Waals surface area contributed by atoms with Crippen LogP contribution in [0.3, 0.4) is 0 Å². The van der Waals surface area contributed by atoms with Crippen molar-refractivity contribution in [1.82, 2.24) is 4.37 Å². The monoisotopic (exact) mass is 269 g/mol. The minimum atomic E-state index is 0.403. The Hall–Kier alpha value is -0.970. The molecule has 0 amide bonds. The van der Waals surface area contributed by atoms with Crippen molar-refractivity contribution < 1.29 is 4.74 Å². The maximum Gasteiger partial charge on any atom is 0.197 e. The summed E-state index contributed by atoms with van der Waals surface area (Å²) in [5, 5.41) is 4.45. The molecule has 5 heteroatoms. The van der Waals surface area contributed by atoms with Gasteiger partial charge in [0.15, 0.2) is 16.6 Å². The normalized spacial score (nSPS) is 18.6. The van der Waals surface area contributed by atoms with E-state index in [4.69, 9.17) is 10.5 Å². The number of aromatic nitrogens is 1. The van der Waals surface area contributed by atoms with Crippen LogP contribution in [0.25, 0.3) is 0 Å². The highest BCUT2D eigenvalue weighted by molar-refractivity contribution is 7.11. The van der Waals surface area contributed by atoms with E-state index in [0.29, 0.717) is 17.8 Å². The Bertz CT molecular complexity index is 386. The van der Waals surface area contributed by atoms with Crippen LogP contribution < -0.4 is 15.8 Å². The van der Waals surface area contributed by atoms with Crippen LogP contribution in [-0.4, -0.2) is 17.5 Å². The molecule has 0 radical (unpaired) electrons. The summed E-state index contributed by atoms with van der Waals surface area (Å²) in [6.45, 7) is 5.93. The van der Waals surface area contributed by atoms with Crippen molar-refractivity contribution in [2.75, 3.05) is 24.2 Å². The number of hydrogen-bond acceptors (Lipinski definition) is 5. The van der Waals surface area contributed by atoms with Gasteiger partial charge in [-0.25, -0.2) is 0 Å². The first-order valence-electron chi connectivity index (χ1n) is 6.76. The lowest BCUT2D eigenvalue weighted by molar-refractivity contribution is 0.233. The highest BCUT2D eigenvalue weighted by atomic mass is 32.1. The molecule has 2 rings (SSSR count). The SMILES string of the molecule is CCOc1c(N)nsc1NCC1(C)CCCCC1. The van der Waals surface area contributed by atoms with Gasteiger partial charge in [-0.15, -0.1) is 0 Å². The summed E-state index contributed by atoms with van der Waals surface area (Å²) in [5.74, 6) is 1.22. The summed E-state index contributed by atoms with van der Waals surface area (Å²) in [6.07, 6.45) is 6.69. The van der Waals surface area contributed by atoms with Gasteiger partial charge < -0.3 is 15.8 Å². The molecule has 3 N–H and O–H groups in total. The van der Waals surface area contributed by atoms with E-state index in [-0.39, 0.29) is 0 Å². The van der Waals surface area contributed by atoms with E-state index >= 15 is 0 Å². The molecule has 0 saturated heterocycles. The van der Waals surface area contributed by atoms with Crippen molar-refractivity contribution in [2.45, 2.75) is 46.0 Å². The van der Waals surface area contributed by atoms with Crippen molar-refractivity contribution in [3.8, 4) is 5.75 Å². The van der Waals surface area contributed by atoms with E-state index in [0.717, 1.165) is 17.3 Å². The van der Waals surface area contributed by atoms with Gasteiger partial charge in [-0.1, -0.05) is 26.2 Å². The third-order valence-electron chi connectivity index (χ3n) is 3.70. The maximum atomic E-state index is 5.80. The molecule has 4 nitrogen and oxygen atoms in total. The van der Waals surface area contributed by atoms with Crippen molar-refractivity contribution in [3.05, 3.63) is 0 Å². The minimum absolute atomic E-state index is 0.403. The smallest absolute Gasteiger partial charge is 0.197 e. The molecule has 1 aliphatic rings. The van der Waals surface area contributed by atoms with Gasteiger partial charge in [-0.05, 0) is 36.7 Å². The average molecular weight is 269 g/mol. The molecule has 0 atom stereocenters. The van der Waals surface area contributed by atoms with Crippen molar-refractivity contribution in [2.24, 2.45) is 5.41 Å². The molecule has 0 aromatic carbocycles. The molecular formula is C13H23N3OS. The van der Waals surface area contributed by atoms with Crippen LogP contribution in [0, 0.1) is 5.41 Å².